The molecule has 0 bridgehead atoms. The van der Waals surface area contributed by atoms with Gasteiger partial charge in [-0.25, -0.2) is 9.97 Å². The van der Waals surface area contributed by atoms with Crippen LogP contribution in [0.5, 0.6) is 0 Å². The Morgan fingerprint density at radius 2 is 2.08 bits per heavy atom. The Kier molecular flexibility index (Phi) is 3.94. The molecule has 0 aliphatic rings. The summed E-state index contributed by atoms with van der Waals surface area (Å²) < 4.78 is 0. The van der Waals surface area contributed by atoms with E-state index in [1.807, 2.05) is 0 Å². The van der Waals surface area contributed by atoms with E-state index in [-0.39, 0.29) is 6.61 Å². The second-order valence-corrected chi connectivity index (χ2v) is 3.43. The highest BCUT2D eigenvalue weighted by atomic mass is 32.2. The molecule has 0 saturated carbocycles. The first kappa shape index (κ1) is 10.2. The van der Waals surface area contributed by atoms with Gasteiger partial charge in [-0.15, -0.1) is 0 Å². The third-order valence-electron chi connectivity index (χ3n) is 1.26. The fourth-order valence-corrected chi connectivity index (χ4v) is 1.33. The van der Waals surface area contributed by atoms with Crippen LogP contribution in [0.3, 0.4) is 0 Å². The van der Waals surface area contributed by atoms with Gasteiger partial charge in [0.05, 0.1) is 30.8 Å². The minimum absolute atomic E-state index is 0.248. The van der Waals surface area contributed by atoms with Crippen molar-refractivity contribution in [3.05, 3.63) is 12.4 Å². The van der Waals surface area contributed by atoms with Gasteiger partial charge in [0.1, 0.15) is 0 Å². The summed E-state index contributed by atoms with van der Waals surface area (Å²) in [4.78, 5) is 7.84. The Balaban J connectivity index is 2.41. The maximum atomic E-state index is 9.02. The van der Waals surface area contributed by atoms with Crippen LogP contribution in [0, 0.1) is 0 Å². The molecular weight excluding hydrogens is 190 g/mol. The number of hydrogen-bond acceptors (Lipinski definition) is 6. The van der Waals surface area contributed by atoms with Crippen LogP contribution < -0.4 is 5.73 Å². The lowest BCUT2D eigenvalue weighted by Crippen LogP contribution is -2.14. The molecule has 5 nitrogen and oxygen atoms in total. The first-order chi connectivity index (χ1) is 6.22. The summed E-state index contributed by atoms with van der Waals surface area (Å²) in [7, 11) is 0. The van der Waals surface area contributed by atoms with Crippen molar-refractivity contribution < 1.29 is 10.2 Å². The summed E-state index contributed by atoms with van der Waals surface area (Å²) in [6, 6.07) is 0. The first-order valence-electron chi connectivity index (χ1n) is 3.71. The number of anilines is 1. The summed E-state index contributed by atoms with van der Waals surface area (Å²) in [5.41, 5.74) is 5.89. The van der Waals surface area contributed by atoms with E-state index in [1.54, 1.807) is 0 Å². The van der Waals surface area contributed by atoms with E-state index >= 15 is 0 Å². The smallest absolute Gasteiger partial charge is 0.187 e. The molecule has 1 unspecified atom stereocenters. The second-order valence-electron chi connectivity index (χ2n) is 2.45. The lowest BCUT2D eigenvalue weighted by molar-refractivity contribution is 0.113. The molecule has 0 amide bonds. The maximum Gasteiger partial charge on any atom is 0.187 e. The molecule has 1 atom stereocenters. The molecule has 1 aromatic rings. The van der Waals surface area contributed by atoms with E-state index in [0.717, 1.165) is 0 Å². The van der Waals surface area contributed by atoms with Crippen LogP contribution in [0.25, 0.3) is 0 Å². The van der Waals surface area contributed by atoms with E-state index in [2.05, 4.69) is 9.97 Å². The number of aliphatic hydroxyl groups is 2. The second kappa shape index (κ2) is 5.00. The van der Waals surface area contributed by atoms with E-state index in [4.69, 9.17) is 15.9 Å². The molecule has 1 rings (SSSR count). The predicted molar refractivity (Wildman–Crippen MR) is 50.3 cm³/mol. The van der Waals surface area contributed by atoms with Gasteiger partial charge < -0.3 is 15.9 Å². The maximum absolute atomic E-state index is 9.02. The number of nitrogens with two attached hydrogens (primary N) is 1. The van der Waals surface area contributed by atoms with Crippen LogP contribution in [0.1, 0.15) is 0 Å². The van der Waals surface area contributed by atoms with Crippen LogP contribution in [0.4, 0.5) is 5.69 Å². The zero-order valence-electron chi connectivity index (χ0n) is 6.92. The quantitative estimate of drug-likeness (QED) is 0.449. The number of hydrogen-bond donors (Lipinski definition) is 3. The van der Waals surface area contributed by atoms with Crippen molar-refractivity contribution in [1.82, 2.24) is 9.97 Å². The number of rotatable bonds is 4. The number of thioether (sulfide) groups is 1. The number of aromatic nitrogens is 2. The molecule has 0 aliphatic heterocycles. The minimum atomic E-state index is -0.730. The Morgan fingerprint density at radius 1 is 1.46 bits per heavy atom. The number of nitrogen functional groups attached to an aromatic ring is 1. The molecular formula is C7H11N3O2S. The molecule has 6 heteroatoms. The largest absolute Gasteiger partial charge is 0.396 e. The molecule has 0 saturated heterocycles. The topological polar surface area (TPSA) is 92.3 Å². The van der Waals surface area contributed by atoms with E-state index in [9.17, 15) is 0 Å². The van der Waals surface area contributed by atoms with E-state index in [1.165, 1.54) is 24.2 Å². The van der Waals surface area contributed by atoms with Gasteiger partial charge in [-0.3, -0.25) is 0 Å². The van der Waals surface area contributed by atoms with Crippen molar-refractivity contribution >= 4 is 17.4 Å². The first-order valence-corrected chi connectivity index (χ1v) is 4.70. The molecule has 72 valence electrons. The Labute approximate surface area is 80.0 Å². The van der Waals surface area contributed by atoms with Crippen molar-refractivity contribution in [3.8, 4) is 0 Å². The molecule has 0 aliphatic carbocycles. The van der Waals surface area contributed by atoms with Crippen LogP contribution in [-0.2, 0) is 0 Å². The Bertz CT molecular complexity index is 254. The van der Waals surface area contributed by atoms with Gasteiger partial charge in [-0.2, -0.15) is 0 Å². The monoisotopic (exact) mass is 201 g/mol. The predicted octanol–water partition coefficient (Wildman–Crippen LogP) is -0.496. The van der Waals surface area contributed by atoms with Crippen molar-refractivity contribution in [2.24, 2.45) is 0 Å². The molecule has 0 fully saturated rings. The molecule has 0 radical (unpaired) electrons. The third-order valence-corrected chi connectivity index (χ3v) is 2.28. The summed E-state index contributed by atoms with van der Waals surface area (Å²) in [5.74, 6) is 0.375. The summed E-state index contributed by atoms with van der Waals surface area (Å²) in [6.45, 7) is -0.248. The number of nitrogens with zero attached hydrogens (tertiary/aromatic N) is 2. The summed E-state index contributed by atoms with van der Waals surface area (Å²) >= 11 is 1.27. The van der Waals surface area contributed by atoms with Crippen LogP contribution in [0.15, 0.2) is 17.6 Å². The molecule has 13 heavy (non-hydrogen) atoms. The van der Waals surface area contributed by atoms with Crippen LogP contribution >= 0.6 is 11.8 Å². The van der Waals surface area contributed by atoms with Gasteiger partial charge in [0.25, 0.3) is 0 Å². The molecule has 1 heterocycles. The molecule has 0 spiro atoms. The Morgan fingerprint density at radius 3 is 2.62 bits per heavy atom. The molecule has 0 aromatic carbocycles. The minimum Gasteiger partial charge on any atom is -0.396 e. The van der Waals surface area contributed by atoms with Crippen molar-refractivity contribution in [3.63, 3.8) is 0 Å². The average molecular weight is 201 g/mol. The van der Waals surface area contributed by atoms with Crippen molar-refractivity contribution in [2.45, 2.75) is 11.3 Å². The lowest BCUT2D eigenvalue weighted by Gasteiger charge is -2.04. The number of aliphatic hydroxyl groups excluding tert-OH is 2. The highest BCUT2D eigenvalue weighted by Crippen LogP contribution is 2.13. The van der Waals surface area contributed by atoms with Gasteiger partial charge >= 0.3 is 0 Å². The lowest BCUT2D eigenvalue weighted by atomic mass is 10.4. The fraction of sp³-hybridized carbons (Fsp3) is 0.429. The summed E-state index contributed by atoms with van der Waals surface area (Å²) in [5, 5.41) is 18.1. The molecule has 1 aromatic heterocycles. The SMILES string of the molecule is Nc1cnc(SCC(O)CO)nc1. The normalized spacial score (nSPS) is 12.8. The van der Waals surface area contributed by atoms with Crippen LogP contribution in [-0.4, -0.2) is 38.6 Å². The van der Waals surface area contributed by atoms with E-state index in [0.29, 0.717) is 16.6 Å². The van der Waals surface area contributed by atoms with Gasteiger partial charge in [0.2, 0.25) is 0 Å². The standard InChI is InChI=1S/C7H11N3O2S/c8-5-1-9-7(10-2-5)13-4-6(12)3-11/h1-2,6,11-12H,3-4,8H2. The van der Waals surface area contributed by atoms with Gasteiger partial charge in [-0.05, 0) is 0 Å². The fourth-order valence-electron chi connectivity index (χ4n) is 0.624. The molecule has 4 N–H and O–H groups in total. The zero-order chi connectivity index (χ0) is 9.68. The zero-order valence-corrected chi connectivity index (χ0v) is 7.74. The van der Waals surface area contributed by atoms with Gasteiger partial charge in [-0.1, -0.05) is 11.8 Å². The highest BCUT2D eigenvalue weighted by molar-refractivity contribution is 7.99. The third kappa shape index (κ3) is 3.58. The van der Waals surface area contributed by atoms with Crippen molar-refractivity contribution in [2.75, 3.05) is 18.1 Å². The van der Waals surface area contributed by atoms with Gasteiger partial charge in [0, 0.05) is 5.75 Å². The Hall–Kier alpha value is -0.850. The van der Waals surface area contributed by atoms with E-state index < -0.39 is 6.10 Å². The highest BCUT2D eigenvalue weighted by Gasteiger charge is 2.04. The average Bonchev–Trinajstić information content (AvgIpc) is 2.16. The van der Waals surface area contributed by atoms with Gasteiger partial charge in [0.15, 0.2) is 5.16 Å². The van der Waals surface area contributed by atoms with Crippen molar-refractivity contribution in [1.29, 1.82) is 0 Å². The van der Waals surface area contributed by atoms with Crippen LogP contribution in [0.2, 0.25) is 0 Å². The summed E-state index contributed by atoms with van der Waals surface area (Å²) in [6.07, 6.45) is 2.27.